The SMILES string of the molecule is Cc1cccc2nc(CNC(=O)N[C@H](C)CCc3cccn3C)cn12. The Bertz CT molecular complexity index is 864. The van der Waals surface area contributed by atoms with Gasteiger partial charge in [0.2, 0.25) is 0 Å². The van der Waals surface area contributed by atoms with Crippen molar-refractivity contribution < 1.29 is 4.79 Å². The predicted molar refractivity (Wildman–Crippen MR) is 98.5 cm³/mol. The largest absolute Gasteiger partial charge is 0.354 e. The summed E-state index contributed by atoms with van der Waals surface area (Å²) >= 11 is 0. The molecule has 3 heterocycles. The molecule has 0 saturated heterocycles. The molecule has 0 aliphatic rings. The van der Waals surface area contributed by atoms with Gasteiger partial charge in [0.15, 0.2) is 0 Å². The van der Waals surface area contributed by atoms with Gasteiger partial charge in [0, 0.05) is 36.9 Å². The Kier molecular flexibility index (Phi) is 5.07. The number of hydrogen-bond donors (Lipinski definition) is 2. The number of nitrogens with zero attached hydrogens (tertiary/aromatic N) is 3. The zero-order valence-corrected chi connectivity index (χ0v) is 15.0. The lowest BCUT2D eigenvalue weighted by Crippen LogP contribution is -2.40. The molecule has 0 aromatic carbocycles. The molecule has 0 saturated carbocycles. The van der Waals surface area contributed by atoms with Crippen LogP contribution in [0.5, 0.6) is 0 Å². The molecule has 0 spiro atoms. The van der Waals surface area contributed by atoms with E-state index in [2.05, 4.69) is 26.3 Å². The first kappa shape index (κ1) is 17.1. The Morgan fingerprint density at radius 1 is 1.28 bits per heavy atom. The summed E-state index contributed by atoms with van der Waals surface area (Å²) in [4.78, 5) is 16.6. The van der Waals surface area contributed by atoms with Crippen LogP contribution in [0.2, 0.25) is 0 Å². The highest BCUT2D eigenvalue weighted by Gasteiger charge is 2.09. The molecule has 1 atom stereocenters. The third-order valence-electron chi connectivity index (χ3n) is 4.44. The van der Waals surface area contributed by atoms with E-state index in [0.717, 1.165) is 29.9 Å². The van der Waals surface area contributed by atoms with Crippen molar-refractivity contribution in [3.8, 4) is 0 Å². The molecule has 0 radical (unpaired) electrons. The molecule has 2 amide bonds. The van der Waals surface area contributed by atoms with Crippen LogP contribution in [0.25, 0.3) is 5.65 Å². The number of imidazole rings is 1. The third kappa shape index (κ3) is 4.21. The van der Waals surface area contributed by atoms with Gasteiger partial charge < -0.3 is 19.6 Å². The molecular weight excluding hydrogens is 314 g/mol. The summed E-state index contributed by atoms with van der Waals surface area (Å²) in [5.74, 6) is 0. The normalized spacial score (nSPS) is 12.3. The molecule has 3 aromatic rings. The van der Waals surface area contributed by atoms with Crippen molar-refractivity contribution in [3.05, 3.63) is 59.8 Å². The molecule has 0 fully saturated rings. The molecule has 0 aliphatic heterocycles. The van der Waals surface area contributed by atoms with Crippen molar-refractivity contribution >= 4 is 11.7 Å². The Morgan fingerprint density at radius 2 is 2.12 bits per heavy atom. The summed E-state index contributed by atoms with van der Waals surface area (Å²) in [5.41, 5.74) is 4.14. The molecule has 132 valence electrons. The smallest absolute Gasteiger partial charge is 0.315 e. The number of aryl methyl sites for hydroxylation is 3. The maximum absolute atomic E-state index is 12.1. The summed E-state index contributed by atoms with van der Waals surface area (Å²) < 4.78 is 4.13. The van der Waals surface area contributed by atoms with Crippen LogP contribution in [-0.2, 0) is 20.0 Å². The molecule has 3 rings (SSSR count). The second kappa shape index (κ2) is 7.42. The van der Waals surface area contributed by atoms with Crippen molar-refractivity contribution in [2.75, 3.05) is 0 Å². The van der Waals surface area contributed by atoms with Gasteiger partial charge in [0.05, 0.1) is 12.2 Å². The number of carbonyl (C=O) groups is 1. The van der Waals surface area contributed by atoms with Crippen LogP contribution in [0.4, 0.5) is 4.79 Å². The number of urea groups is 1. The van der Waals surface area contributed by atoms with Gasteiger partial charge >= 0.3 is 6.03 Å². The molecule has 25 heavy (non-hydrogen) atoms. The molecule has 3 aromatic heterocycles. The quantitative estimate of drug-likeness (QED) is 0.725. The highest BCUT2D eigenvalue weighted by Crippen LogP contribution is 2.08. The zero-order valence-electron chi connectivity index (χ0n) is 15.0. The van der Waals surface area contributed by atoms with E-state index in [4.69, 9.17) is 0 Å². The fourth-order valence-corrected chi connectivity index (χ4v) is 2.92. The van der Waals surface area contributed by atoms with Gasteiger partial charge in [-0.2, -0.15) is 0 Å². The first-order valence-electron chi connectivity index (χ1n) is 8.61. The third-order valence-corrected chi connectivity index (χ3v) is 4.44. The highest BCUT2D eigenvalue weighted by molar-refractivity contribution is 5.74. The summed E-state index contributed by atoms with van der Waals surface area (Å²) in [6, 6.07) is 10.1. The van der Waals surface area contributed by atoms with E-state index in [1.165, 1.54) is 5.69 Å². The fraction of sp³-hybridized carbons (Fsp3) is 0.368. The number of amides is 2. The fourth-order valence-electron chi connectivity index (χ4n) is 2.92. The lowest BCUT2D eigenvalue weighted by atomic mass is 10.1. The van der Waals surface area contributed by atoms with Crippen molar-refractivity contribution in [1.82, 2.24) is 24.6 Å². The summed E-state index contributed by atoms with van der Waals surface area (Å²) in [5, 5.41) is 5.87. The molecule has 2 N–H and O–H groups in total. The second-order valence-electron chi connectivity index (χ2n) is 6.50. The molecule has 0 bridgehead atoms. The van der Waals surface area contributed by atoms with E-state index >= 15 is 0 Å². The van der Waals surface area contributed by atoms with E-state index < -0.39 is 0 Å². The number of nitrogens with one attached hydrogen (secondary N) is 2. The average Bonchev–Trinajstić information content (AvgIpc) is 3.18. The lowest BCUT2D eigenvalue weighted by Gasteiger charge is -2.14. The molecular formula is C19H25N5O. The van der Waals surface area contributed by atoms with Crippen LogP contribution >= 0.6 is 0 Å². The van der Waals surface area contributed by atoms with Crippen molar-refractivity contribution in [3.63, 3.8) is 0 Å². The van der Waals surface area contributed by atoms with Crippen LogP contribution in [0, 0.1) is 6.92 Å². The van der Waals surface area contributed by atoms with E-state index in [1.54, 1.807) is 0 Å². The van der Waals surface area contributed by atoms with Crippen molar-refractivity contribution in [2.45, 2.75) is 39.3 Å². The topological polar surface area (TPSA) is 63.4 Å². The summed E-state index contributed by atoms with van der Waals surface area (Å²) in [6.07, 6.45) is 5.84. The molecule has 6 nitrogen and oxygen atoms in total. The number of pyridine rings is 1. The first-order chi connectivity index (χ1) is 12.0. The van der Waals surface area contributed by atoms with Crippen LogP contribution in [0.15, 0.2) is 42.7 Å². The minimum absolute atomic E-state index is 0.109. The summed E-state index contributed by atoms with van der Waals surface area (Å²) in [7, 11) is 2.04. The number of carbonyl (C=O) groups excluding carboxylic acids is 1. The lowest BCUT2D eigenvalue weighted by molar-refractivity contribution is 0.236. The predicted octanol–water partition coefficient (Wildman–Crippen LogP) is 2.80. The van der Waals surface area contributed by atoms with Crippen molar-refractivity contribution in [2.24, 2.45) is 7.05 Å². The Labute approximate surface area is 147 Å². The monoisotopic (exact) mass is 339 g/mol. The first-order valence-corrected chi connectivity index (χ1v) is 8.61. The summed E-state index contributed by atoms with van der Waals surface area (Å²) in [6.45, 7) is 4.47. The van der Waals surface area contributed by atoms with Gasteiger partial charge in [-0.1, -0.05) is 6.07 Å². The van der Waals surface area contributed by atoms with E-state index in [9.17, 15) is 4.79 Å². The molecule has 6 heteroatoms. The average molecular weight is 339 g/mol. The van der Waals surface area contributed by atoms with Gasteiger partial charge in [-0.3, -0.25) is 0 Å². The highest BCUT2D eigenvalue weighted by atomic mass is 16.2. The van der Waals surface area contributed by atoms with Crippen LogP contribution in [-0.4, -0.2) is 26.0 Å². The molecule has 0 unspecified atom stereocenters. The maximum atomic E-state index is 12.1. The molecule has 0 aliphatic carbocycles. The van der Waals surface area contributed by atoms with E-state index in [1.807, 2.05) is 62.0 Å². The number of rotatable bonds is 6. The zero-order chi connectivity index (χ0) is 17.8. The Balaban J connectivity index is 1.47. The van der Waals surface area contributed by atoms with E-state index in [-0.39, 0.29) is 12.1 Å². The number of fused-ring (bicyclic) bond motifs is 1. The Hall–Kier alpha value is -2.76. The van der Waals surface area contributed by atoms with Crippen LogP contribution in [0.3, 0.4) is 0 Å². The van der Waals surface area contributed by atoms with E-state index in [0.29, 0.717) is 6.54 Å². The number of hydrogen-bond acceptors (Lipinski definition) is 2. The van der Waals surface area contributed by atoms with Gasteiger partial charge in [0.1, 0.15) is 5.65 Å². The Morgan fingerprint density at radius 3 is 2.84 bits per heavy atom. The van der Waals surface area contributed by atoms with Crippen molar-refractivity contribution in [1.29, 1.82) is 0 Å². The second-order valence-corrected chi connectivity index (χ2v) is 6.50. The number of aromatic nitrogens is 3. The minimum atomic E-state index is -0.159. The van der Waals surface area contributed by atoms with Gasteiger partial charge in [-0.15, -0.1) is 0 Å². The maximum Gasteiger partial charge on any atom is 0.315 e. The van der Waals surface area contributed by atoms with Crippen LogP contribution in [0.1, 0.15) is 30.4 Å². The van der Waals surface area contributed by atoms with Gasteiger partial charge in [0.25, 0.3) is 0 Å². The van der Waals surface area contributed by atoms with Gasteiger partial charge in [-0.05, 0) is 51.0 Å². The van der Waals surface area contributed by atoms with Crippen LogP contribution < -0.4 is 10.6 Å². The minimum Gasteiger partial charge on any atom is -0.354 e. The van der Waals surface area contributed by atoms with Gasteiger partial charge in [-0.25, -0.2) is 9.78 Å². The standard InChI is InChI=1S/C19H25N5O/c1-14(9-10-17-7-5-11-23(17)3)21-19(25)20-12-16-13-24-15(2)6-4-8-18(24)22-16/h4-8,11,13-14H,9-10,12H2,1-3H3,(H2,20,21,25)/t14-/m1/s1.